The number of benzene rings is 1. The van der Waals surface area contributed by atoms with Crippen LogP contribution in [0.4, 0.5) is 10.1 Å². The fraction of sp³-hybridized carbons (Fsp3) is 0.211. The minimum atomic E-state index is -4.04. The summed E-state index contributed by atoms with van der Waals surface area (Å²) in [5.74, 6) is -0.946. The molecule has 0 aliphatic carbocycles. The first-order chi connectivity index (χ1) is 13.3. The highest BCUT2D eigenvalue weighted by molar-refractivity contribution is 7.92. The zero-order chi connectivity index (χ0) is 20.3. The van der Waals surface area contributed by atoms with Crippen LogP contribution in [-0.4, -0.2) is 19.3 Å². The molecule has 0 saturated heterocycles. The Morgan fingerprint density at radius 2 is 1.93 bits per heavy atom. The molecule has 0 spiro atoms. The first-order valence-corrected chi connectivity index (χ1v) is 10.9. The van der Waals surface area contributed by atoms with Crippen molar-refractivity contribution < 1.29 is 17.6 Å². The van der Waals surface area contributed by atoms with Crippen LogP contribution in [0, 0.1) is 11.7 Å². The number of aromatic nitrogens is 1. The Morgan fingerprint density at radius 1 is 1.18 bits per heavy atom. The average Bonchev–Trinajstić information content (AvgIpc) is 3.33. The molecular weight excluding hydrogens is 401 g/mol. The number of thiophene rings is 1. The molecule has 1 aromatic carbocycles. The van der Waals surface area contributed by atoms with E-state index < -0.39 is 21.7 Å². The van der Waals surface area contributed by atoms with Gasteiger partial charge in [-0.2, -0.15) is 0 Å². The third-order valence-corrected chi connectivity index (χ3v) is 6.43. The molecule has 9 heteroatoms. The molecule has 3 aromatic rings. The number of aromatic amines is 1. The van der Waals surface area contributed by atoms with Crippen LogP contribution in [0.3, 0.4) is 0 Å². The van der Waals surface area contributed by atoms with Gasteiger partial charge >= 0.3 is 0 Å². The Kier molecular flexibility index (Phi) is 5.85. The van der Waals surface area contributed by atoms with Gasteiger partial charge in [0.1, 0.15) is 16.4 Å². The third kappa shape index (κ3) is 4.42. The van der Waals surface area contributed by atoms with Crippen molar-refractivity contribution in [2.75, 3.05) is 4.72 Å². The monoisotopic (exact) mass is 421 g/mol. The molecule has 0 aliphatic heterocycles. The molecule has 2 heterocycles. The normalized spacial score (nSPS) is 12.7. The van der Waals surface area contributed by atoms with E-state index in [9.17, 15) is 17.6 Å². The maximum atomic E-state index is 13.7. The zero-order valence-corrected chi connectivity index (χ0v) is 16.9. The van der Waals surface area contributed by atoms with Crippen LogP contribution in [-0.2, 0) is 10.0 Å². The molecule has 0 saturated carbocycles. The maximum absolute atomic E-state index is 13.7. The summed E-state index contributed by atoms with van der Waals surface area (Å²) in [5, 5.41) is 4.86. The van der Waals surface area contributed by atoms with E-state index in [0.717, 1.165) is 10.9 Å². The van der Waals surface area contributed by atoms with Gasteiger partial charge in [0.05, 0.1) is 11.7 Å². The van der Waals surface area contributed by atoms with E-state index >= 15 is 0 Å². The van der Waals surface area contributed by atoms with Gasteiger partial charge in [-0.05, 0) is 35.6 Å². The number of para-hydroxylation sites is 1. The van der Waals surface area contributed by atoms with Gasteiger partial charge < -0.3 is 10.3 Å². The molecule has 1 atom stereocenters. The number of hydrogen-bond donors (Lipinski definition) is 3. The minimum absolute atomic E-state index is 0.108. The highest BCUT2D eigenvalue weighted by Crippen LogP contribution is 2.26. The summed E-state index contributed by atoms with van der Waals surface area (Å²) >= 11 is 1.54. The fourth-order valence-corrected chi connectivity index (χ4v) is 4.67. The van der Waals surface area contributed by atoms with E-state index in [1.165, 1.54) is 30.5 Å². The van der Waals surface area contributed by atoms with E-state index in [1.54, 1.807) is 11.3 Å². The Morgan fingerprint density at radius 3 is 2.57 bits per heavy atom. The Balaban J connectivity index is 1.77. The molecule has 0 fully saturated rings. The lowest BCUT2D eigenvalue weighted by Gasteiger charge is -2.20. The van der Waals surface area contributed by atoms with Crippen molar-refractivity contribution in [3.05, 3.63) is 70.4 Å². The first-order valence-electron chi connectivity index (χ1n) is 8.58. The summed E-state index contributed by atoms with van der Waals surface area (Å²) in [6.45, 7) is 3.99. The van der Waals surface area contributed by atoms with Gasteiger partial charge in [-0.3, -0.25) is 9.52 Å². The quantitative estimate of drug-likeness (QED) is 0.535. The molecule has 28 heavy (non-hydrogen) atoms. The Labute approximate surface area is 166 Å². The number of rotatable bonds is 7. The van der Waals surface area contributed by atoms with Crippen molar-refractivity contribution in [1.82, 2.24) is 10.3 Å². The molecule has 2 aromatic heterocycles. The molecule has 0 aliphatic rings. The number of hydrogen-bond acceptors (Lipinski definition) is 4. The average molecular weight is 422 g/mol. The number of carbonyl (C=O) groups is 1. The number of halogens is 1. The third-order valence-electron chi connectivity index (χ3n) is 4.13. The van der Waals surface area contributed by atoms with Crippen LogP contribution in [0.2, 0.25) is 0 Å². The smallest absolute Gasteiger partial charge is 0.268 e. The Hall–Kier alpha value is -2.65. The van der Waals surface area contributed by atoms with Crippen molar-refractivity contribution in [3.8, 4) is 0 Å². The summed E-state index contributed by atoms with van der Waals surface area (Å²) in [6, 6.07) is 10.4. The fourth-order valence-electron chi connectivity index (χ4n) is 2.66. The van der Waals surface area contributed by atoms with Crippen molar-refractivity contribution in [1.29, 1.82) is 0 Å². The number of sulfonamides is 1. The standard InChI is InChI=1S/C19H20FN3O3S2/c1-12(2)18(17-8-5-9-27-17)22-19(24)16-10-13(11-21-16)28(25,26)23-15-7-4-3-6-14(15)20/h3-12,18,21,23H,1-2H3,(H,22,24). The maximum Gasteiger partial charge on any atom is 0.268 e. The summed E-state index contributed by atoms with van der Waals surface area (Å²) in [5.41, 5.74) is -0.0524. The van der Waals surface area contributed by atoms with E-state index in [0.29, 0.717) is 0 Å². The van der Waals surface area contributed by atoms with Crippen LogP contribution in [0.15, 0.2) is 58.9 Å². The molecular formula is C19H20FN3O3S2. The van der Waals surface area contributed by atoms with Crippen LogP contribution in [0.1, 0.15) is 35.3 Å². The van der Waals surface area contributed by atoms with Gasteiger partial charge in [0.25, 0.3) is 15.9 Å². The topological polar surface area (TPSA) is 91.1 Å². The molecule has 148 valence electrons. The molecule has 3 N–H and O–H groups in total. The number of nitrogens with one attached hydrogen (secondary N) is 3. The largest absolute Gasteiger partial charge is 0.356 e. The number of anilines is 1. The SMILES string of the molecule is CC(C)C(NC(=O)c1cc(S(=O)(=O)Nc2ccccc2F)c[nH]1)c1cccs1. The van der Waals surface area contributed by atoms with Crippen LogP contribution >= 0.6 is 11.3 Å². The molecule has 0 radical (unpaired) electrons. The van der Waals surface area contributed by atoms with Crippen LogP contribution < -0.4 is 10.0 Å². The lowest BCUT2D eigenvalue weighted by molar-refractivity contribution is 0.0922. The molecule has 1 unspecified atom stereocenters. The van der Waals surface area contributed by atoms with Crippen LogP contribution in [0.25, 0.3) is 0 Å². The summed E-state index contributed by atoms with van der Waals surface area (Å²) < 4.78 is 40.9. The highest BCUT2D eigenvalue weighted by atomic mass is 32.2. The summed E-state index contributed by atoms with van der Waals surface area (Å²) in [4.78, 5) is 16.1. The lowest BCUT2D eigenvalue weighted by atomic mass is 10.0. The van der Waals surface area contributed by atoms with Gasteiger partial charge in [0.15, 0.2) is 0 Å². The second-order valence-electron chi connectivity index (χ2n) is 6.54. The highest BCUT2D eigenvalue weighted by Gasteiger charge is 2.23. The van der Waals surface area contributed by atoms with E-state index in [2.05, 4.69) is 15.0 Å². The molecule has 3 rings (SSSR count). The van der Waals surface area contributed by atoms with Gasteiger partial charge in [0.2, 0.25) is 0 Å². The van der Waals surface area contributed by atoms with Crippen molar-refractivity contribution in [2.24, 2.45) is 5.92 Å². The van der Waals surface area contributed by atoms with Crippen molar-refractivity contribution in [2.45, 2.75) is 24.8 Å². The second-order valence-corrected chi connectivity index (χ2v) is 9.21. The lowest BCUT2D eigenvalue weighted by Crippen LogP contribution is -2.31. The van der Waals surface area contributed by atoms with E-state index in [4.69, 9.17) is 0 Å². The number of carbonyl (C=O) groups excluding carboxylic acids is 1. The van der Waals surface area contributed by atoms with Gasteiger partial charge in [-0.1, -0.05) is 32.0 Å². The number of H-pyrrole nitrogens is 1. The van der Waals surface area contributed by atoms with Crippen molar-refractivity contribution >= 4 is 33.0 Å². The van der Waals surface area contributed by atoms with Gasteiger partial charge in [0, 0.05) is 11.1 Å². The van der Waals surface area contributed by atoms with Gasteiger partial charge in [-0.15, -0.1) is 11.3 Å². The minimum Gasteiger partial charge on any atom is -0.356 e. The predicted molar refractivity (Wildman–Crippen MR) is 107 cm³/mol. The first kappa shape index (κ1) is 20.1. The second kappa shape index (κ2) is 8.15. The predicted octanol–water partition coefficient (Wildman–Crippen LogP) is 4.14. The molecule has 6 nitrogen and oxygen atoms in total. The van der Waals surface area contributed by atoms with E-state index in [-0.39, 0.29) is 28.2 Å². The molecule has 0 bridgehead atoms. The summed E-state index contributed by atoms with van der Waals surface area (Å²) in [6.07, 6.45) is 1.20. The summed E-state index contributed by atoms with van der Waals surface area (Å²) in [7, 11) is -4.04. The molecule has 1 amide bonds. The van der Waals surface area contributed by atoms with Crippen molar-refractivity contribution in [3.63, 3.8) is 0 Å². The van der Waals surface area contributed by atoms with E-state index in [1.807, 2.05) is 31.4 Å². The number of amides is 1. The van der Waals surface area contributed by atoms with Gasteiger partial charge in [-0.25, -0.2) is 12.8 Å². The Bertz CT molecular complexity index is 1060. The zero-order valence-electron chi connectivity index (χ0n) is 15.3. The van der Waals surface area contributed by atoms with Crippen LogP contribution in [0.5, 0.6) is 0 Å².